The molecule has 0 radical (unpaired) electrons. The molecular formula is C23H22N2O6. The van der Waals surface area contributed by atoms with Crippen LogP contribution in [0, 0.1) is 0 Å². The highest BCUT2D eigenvalue weighted by Crippen LogP contribution is 2.33. The average molecular weight is 422 g/mol. The van der Waals surface area contributed by atoms with Gasteiger partial charge in [-0.25, -0.2) is 0 Å². The number of hydrogen-bond acceptors (Lipinski definition) is 6. The Hall–Kier alpha value is -3.94. The van der Waals surface area contributed by atoms with Crippen molar-refractivity contribution in [3.05, 3.63) is 64.0 Å². The SMILES string of the molecule is COc1ccc(OC)c2[nH]c(=O)c(CCNC(=O)/C=C/c3ccc4c(c3)OCO4)cc12. The topological polar surface area (TPSA) is 98.9 Å². The normalized spacial score (nSPS) is 12.3. The molecule has 0 bridgehead atoms. The van der Waals surface area contributed by atoms with Crippen LogP contribution in [0.4, 0.5) is 0 Å². The molecule has 0 aliphatic carbocycles. The molecule has 1 amide bonds. The lowest BCUT2D eigenvalue weighted by atomic mass is 10.1. The number of amides is 1. The third-order valence-corrected chi connectivity index (χ3v) is 4.97. The van der Waals surface area contributed by atoms with Gasteiger partial charge in [0.1, 0.15) is 11.5 Å². The van der Waals surface area contributed by atoms with E-state index in [-0.39, 0.29) is 18.3 Å². The van der Waals surface area contributed by atoms with E-state index in [0.717, 1.165) is 10.9 Å². The number of methoxy groups -OCH3 is 2. The van der Waals surface area contributed by atoms with Gasteiger partial charge in [-0.2, -0.15) is 0 Å². The molecule has 0 atom stereocenters. The minimum absolute atomic E-state index is 0.204. The zero-order valence-electron chi connectivity index (χ0n) is 17.2. The Kier molecular flexibility index (Phi) is 5.79. The number of nitrogens with one attached hydrogen (secondary N) is 2. The monoisotopic (exact) mass is 422 g/mol. The van der Waals surface area contributed by atoms with Gasteiger partial charge in [0.2, 0.25) is 12.7 Å². The first-order valence-corrected chi connectivity index (χ1v) is 9.71. The smallest absolute Gasteiger partial charge is 0.251 e. The summed E-state index contributed by atoms with van der Waals surface area (Å²) in [5.41, 5.74) is 1.71. The standard InChI is InChI=1S/C23H22N2O6/c1-28-17-6-7-19(29-2)22-16(17)12-15(23(27)25-22)9-10-24-21(26)8-4-14-3-5-18-20(11-14)31-13-30-18/h3-8,11-12H,9-10,13H2,1-2H3,(H,24,26)(H,25,27)/b8-4+. The fourth-order valence-electron chi connectivity index (χ4n) is 3.39. The molecule has 1 aromatic heterocycles. The van der Waals surface area contributed by atoms with Crippen LogP contribution in [0.25, 0.3) is 17.0 Å². The minimum atomic E-state index is -0.255. The first kappa shape index (κ1) is 20.3. The van der Waals surface area contributed by atoms with Crippen molar-refractivity contribution in [3.63, 3.8) is 0 Å². The molecule has 160 valence electrons. The van der Waals surface area contributed by atoms with E-state index in [1.807, 2.05) is 12.1 Å². The number of hydrogen-bond donors (Lipinski definition) is 2. The van der Waals surface area contributed by atoms with Gasteiger partial charge < -0.3 is 29.2 Å². The number of H-pyrrole nitrogens is 1. The molecule has 0 unspecified atom stereocenters. The van der Waals surface area contributed by atoms with E-state index in [1.165, 1.54) is 6.08 Å². The van der Waals surface area contributed by atoms with E-state index in [9.17, 15) is 9.59 Å². The number of aromatic nitrogens is 1. The number of pyridine rings is 1. The lowest BCUT2D eigenvalue weighted by molar-refractivity contribution is -0.116. The zero-order chi connectivity index (χ0) is 21.8. The lowest BCUT2D eigenvalue weighted by Crippen LogP contribution is -2.25. The molecule has 4 rings (SSSR count). The van der Waals surface area contributed by atoms with Crippen LogP contribution in [0.15, 0.2) is 47.3 Å². The Morgan fingerprint density at radius 2 is 1.87 bits per heavy atom. The first-order chi connectivity index (χ1) is 15.1. The molecule has 2 heterocycles. The van der Waals surface area contributed by atoms with Gasteiger partial charge in [-0.1, -0.05) is 6.07 Å². The Bertz CT molecular complexity index is 1210. The number of carbonyl (C=O) groups is 1. The van der Waals surface area contributed by atoms with Crippen LogP contribution in [-0.4, -0.2) is 38.4 Å². The van der Waals surface area contributed by atoms with E-state index in [0.29, 0.717) is 47.0 Å². The second kappa shape index (κ2) is 8.83. The van der Waals surface area contributed by atoms with Crippen LogP contribution in [0.5, 0.6) is 23.0 Å². The number of benzene rings is 2. The van der Waals surface area contributed by atoms with Gasteiger partial charge in [0, 0.05) is 23.6 Å². The van der Waals surface area contributed by atoms with Gasteiger partial charge in [-0.15, -0.1) is 0 Å². The van der Waals surface area contributed by atoms with Gasteiger partial charge in [0.15, 0.2) is 11.5 Å². The molecular weight excluding hydrogens is 400 g/mol. The van der Waals surface area contributed by atoms with Crippen LogP contribution in [0.2, 0.25) is 0 Å². The molecule has 0 saturated heterocycles. The molecule has 0 spiro atoms. The Morgan fingerprint density at radius 1 is 1.10 bits per heavy atom. The fourth-order valence-corrected chi connectivity index (χ4v) is 3.39. The van der Waals surface area contributed by atoms with Crippen molar-refractivity contribution < 1.29 is 23.7 Å². The maximum atomic E-state index is 12.5. The van der Waals surface area contributed by atoms with Crippen molar-refractivity contribution in [1.29, 1.82) is 0 Å². The summed E-state index contributed by atoms with van der Waals surface area (Å²) in [5, 5.41) is 3.53. The van der Waals surface area contributed by atoms with Gasteiger partial charge in [0.25, 0.3) is 5.56 Å². The summed E-state index contributed by atoms with van der Waals surface area (Å²) in [5.74, 6) is 2.28. The number of carbonyl (C=O) groups excluding carboxylic acids is 1. The van der Waals surface area contributed by atoms with Gasteiger partial charge in [0.05, 0.1) is 19.7 Å². The molecule has 2 aromatic carbocycles. The van der Waals surface area contributed by atoms with Crippen molar-refractivity contribution in [2.75, 3.05) is 27.6 Å². The van der Waals surface area contributed by atoms with Crippen LogP contribution < -0.4 is 29.8 Å². The van der Waals surface area contributed by atoms with Crippen molar-refractivity contribution in [2.45, 2.75) is 6.42 Å². The molecule has 0 saturated carbocycles. The van der Waals surface area contributed by atoms with Crippen molar-refractivity contribution in [3.8, 4) is 23.0 Å². The summed E-state index contributed by atoms with van der Waals surface area (Å²) < 4.78 is 21.3. The van der Waals surface area contributed by atoms with E-state index >= 15 is 0 Å². The summed E-state index contributed by atoms with van der Waals surface area (Å²) in [6.45, 7) is 0.515. The maximum Gasteiger partial charge on any atom is 0.251 e. The Morgan fingerprint density at radius 3 is 2.68 bits per heavy atom. The number of fused-ring (bicyclic) bond motifs is 2. The molecule has 8 heteroatoms. The van der Waals surface area contributed by atoms with Crippen molar-refractivity contribution in [2.24, 2.45) is 0 Å². The molecule has 1 aliphatic heterocycles. The van der Waals surface area contributed by atoms with Crippen LogP contribution in [-0.2, 0) is 11.2 Å². The van der Waals surface area contributed by atoms with Crippen LogP contribution >= 0.6 is 0 Å². The first-order valence-electron chi connectivity index (χ1n) is 9.71. The van der Waals surface area contributed by atoms with Gasteiger partial charge in [-0.05, 0) is 48.4 Å². The molecule has 3 aromatic rings. The second-order valence-electron chi connectivity index (χ2n) is 6.87. The summed E-state index contributed by atoms with van der Waals surface area (Å²) in [7, 11) is 3.11. The predicted molar refractivity (Wildman–Crippen MR) is 116 cm³/mol. The number of aromatic amines is 1. The molecule has 1 aliphatic rings. The quantitative estimate of drug-likeness (QED) is 0.568. The van der Waals surface area contributed by atoms with E-state index in [2.05, 4.69) is 10.3 Å². The Balaban J connectivity index is 1.41. The number of ether oxygens (including phenoxy) is 4. The van der Waals surface area contributed by atoms with Crippen LogP contribution in [0.1, 0.15) is 11.1 Å². The summed E-state index contributed by atoms with van der Waals surface area (Å²) in [6, 6.07) is 10.7. The molecule has 2 N–H and O–H groups in total. The minimum Gasteiger partial charge on any atom is -0.496 e. The fraction of sp³-hybridized carbons (Fsp3) is 0.217. The third-order valence-electron chi connectivity index (χ3n) is 4.97. The lowest BCUT2D eigenvalue weighted by Gasteiger charge is -2.11. The van der Waals surface area contributed by atoms with Crippen molar-refractivity contribution >= 4 is 22.9 Å². The third kappa shape index (κ3) is 4.32. The highest BCUT2D eigenvalue weighted by molar-refractivity contribution is 5.92. The summed E-state index contributed by atoms with van der Waals surface area (Å²) in [6.07, 6.45) is 3.50. The maximum absolute atomic E-state index is 12.5. The van der Waals surface area contributed by atoms with E-state index < -0.39 is 0 Å². The summed E-state index contributed by atoms with van der Waals surface area (Å²) in [4.78, 5) is 27.5. The van der Waals surface area contributed by atoms with Crippen LogP contribution in [0.3, 0.4) is 0 Å². The average Bonchev–Trinajstić information content (AvgIpc) is 3.25. The summed E-state index contributed by atoms with van der Waals surface area (Å²) >= 11 is 0. The van der Waals surface area contributed by atoms with Gasteiger partial charge in [-0.3, -0.25) is 9.59 Å². The van der Waals surface area contributed by atoms with E-state index in [4.69, 9.17) is 18.9 Å². The second-order valence-corrected chi connectivity index (χ2v) is 6.87. The van der Waals surface area contributed by atoms with Gasteiger partial charge >= 0.3 is 0 Å². The molecule has 0 fully saturated rings. The zero-order valence-corrected chi connectivity index (χ0v) is 17.2. The number of rotatable bonds is 7. The van der Waals surface area contributed by atoms with E-state index in [1.54, 1.807) is 44.6 Å². The molecule has 31 heavy (non-hydrogen) atoms. The Labute approximate surface area is 178 Å². The molecule has 8 nitrogen and oxygen atoms in total. The highest BCUT2D eigenvalue weighted by Gasteiger charge is 2.13. The predicted octanol–water partition coefficient (Wildman–Crippen LogP) is 2.65. The largest absolute Gasteiger partial charge is 0.496 e. The highest BCUT2D eigenvalue weighted by atomic mass is 16.7. The van der Waals surface area contributed by atoms with Crippen molar-refractivity contribution in [1.82, 2.24) is 10.3 Å².